The number of rotatable bonds is 16. The van der Waals surface area contributed by atoms with Crippen molar-refractivity contribution in [1.29, 1.82) is 0 Å². The summed E-state index contributed by atoms with van der Waals surface area (Å²) in [5.41, 5.74) is 1.59. The third kappa shape index (κ3) is 9.50. The van der Waals surface area contributed by atoms with E-state index in [9.17, 15) is 18.0 Å². The summed E-state index contributed by atoms with van der Waals surface area (Å²) in [4.78, 5) is 30.4. The van der Waals surface area contributed by atoms with Crippen molar-refractivity contribution >= 4 is 50.7 Å². The van der Waals surface area contributed by atoms with Gasteiger partial charge in [-0.1, -0.05) is 72.4 Å². The molecule has 2 amide bonds. The van der Waals surface area contributed by atoms with Gasteiger partial charge in [0.05, 0.1) is 31.4 Å². The molecular weight excluding hydrogens is 725 g/mol. The molecule has 1 saturated carbocycles. The first kappa shape index (κ1) is 38.8. The Morgan fingerprint density at radius 2 is 1.58 bits per heavy atom. The number of nitrogens with zero attached hydrogens (tertiary/aromatic N) is 2. The number of anilines is 1. The van der Waals surface area contributed by atoms with Gasteiger partial charge < -0.3 is 24.4 Å². The maximum Gasteiger partial charge on any atom is 0.264 e. The summed E-state index contributed by atoms with van der Waals surface area (Å²) in [6, 6.07) is 23.9. The second kappa shape index (κ2) is 17.9. The summed E-state index contributed by atoms with van der Waals surface area (Å²) in [7, 11) is -1.55. The zero-order valence-electron chi connectivity index (χ0n) is 29.4. The summed E-state index contributed by atoms with van der Waals surface area (Å²) in [6.45, 7) is 1.53. The van der Waals surface area contributed by atoms with Crippen molar-refractivity contribution in [3.05, 3.63) is 112 Å². The van der Waals surface area contributed by atoms with Crippen LogP contribution in [-0.2, 0) is 32.6 Å². The van der Waals surface area contributed by atoms with Crippen molar-refractivity contribution in [3.63, 3.8) is 0 Å². The molecule has 276 valence electrons. The molecule has 1 aliphatic rings. The van der Waals surface area contributed by atoms with E-state index in [1.54, 1.807) is 42.5 Å². The molecule has 0 heterocycles. The van der Waals surface area contributed by atoms with Crippen molar-refractivity contribution < 1.29 is 32.2 Å². The van der Waals surface area contributed by atoms with Gasteiger partial charge in [0, 0.05) is 35.1 Å². The smallest absolute Gasteiger partial charge is 0.264 e. The SMILES string of the molecule is CCOc1ccc(N(CC(=O)N(Cc2ccc(Cl)cc2Cl)[C@H](Cc2ccccc2)C(=O)NC2CCCC2)S(=O)(=O)c2ccc(OC)c(OC)c2)cc1. The normalized spacial score (nSPS) is 13.6. The van der Waals surface area contributed by atoms with E-state index in [1.807, 2.05) is 37.3 Å². The standard InChI is InChI=1S/C39H43Cl2N3O7S/c1-4-51-32-18-16-31(17-19-32)44(52(47,48)33-20-21-36(49-2)37(24-33)50-3)26-38(45)43(25-28-14-15-29(40)23-34(28)41)35(22-27-10-6-5-7-11-27)39(46)42-30-12-8-9-13-30/h5-7,10-11,14-21,23-24,30,35H,4,8-9,12-13,22,25-26H2,1-3H3,(H,42,46)/t35-/m1/s1. The van der Waals surface area contributed by atoms with E-state index < -0.39 is 28.5 Å². The highest BCUT2D eigenvalue weighted by atomic mass is 35.5. The molecule has 0 saturated heterocycles. The molecule has 0 spiro atoms. The second-order valence-electron chi connectivity index (χ2n) is 12.4. The van der Waals surface area contributed by atoms with Crippen LogP contribution in [0.3, 0.4) is 0 Å². The minimum Gasteiger partial charge on any atom is -0.494 e. The molecule has 10 nitrogen and oxygen atoms in total. The molecule has 1 atom stereocenters. The Kier molecular flexibility index (Phi) is 13.3. The fourth-order valence-corrected chi connectivity index (χ4v) is 8.16. The van der Waals surface area contributed by atoms with Gasteiger partial charge in [0.2, 0.25) is 11.8 Å². The zero-order chi connectivity index (χ0) is 37.3. The average molecular weight is 769 g/mol. The number of nitrogens with one attached hydrogen (secondary N) is 1. The summed E-state index contributed by atoms with van der Waals surface area (Å²) >= 11 is 12.9. The highest BCUT2D eigenvalue weighted by molar-refractivity contribution is 7.92. The van der Waals surface area contributed by atoms with Gasteiger partial charge in [0.1, 0.15) is 18.3 Å². The topological polar surface area (TPSA) is 114 Å². The van der Waals surface area contributed by atoms with Crippen molar-refractivity contribution in [2.45, 2.75) is 62.6 Å². The van der Waals surface area contributed by atoms with Crippen LogP contribution in [0, 0.1) is 0 Å². The van der Waals surface area contributed by atoms with E-state index in [2.05, 4.69) is 5.32 Å². The van der Waals surface area contributed by atoms with E-state index in [-0.39, 0.29) is 41.2 Å². The van der Waals surface area contributed by atoms with Gasteiger partial charge >= 0.3 is 0 Å². The van der Waals surface area contributed by atoms with Gasteiger partial charge in [-0.15, -0.1) is 0 Å². The average Bonchev–Trinajstić information content (AvgIpc) is 3.66. The highest BCUT2D eigenvalue weighted by Gasteiger charge is 2.36. The summed E-state index contributed by atoms with van der Waals surface area (Å²) in [6.07, 6.45) is 3.87. The molecule has 5 rings (SSSR count). The van der Waals surface area contributed by atoms with Crippen LogP contribution in [0.2, 0.25) is 10.0 Å². The van der Waals surface area contributed by atoms with Crippen molar-refractivity contribution in [2.75, 3.05) is 31.7 Å². The van der Waals surface area contributed by atoms with Crippen LogP contribution in [0.1, 0.15) is 43.7 Å². The second-order valence-corrected chi connectivity index (χ2v) is 15.1. The molecule has 4 aromatic rings. The van der Waals surface area contributed by atoms with Crippen LogP contribution in [0.5, 0.6) is 17.2 Å². The van der Waals surface area contributed by atoms with Crippen molar-refractivity contribution in [2.24, 2.45) is 0 Å². The van der Waals surface area contributed by atoms with Crippen molar-refractivity contribution in [3.8, 4) is 17.2 Å². The van der Waals surface area contributed by atoms with Crippen LogP contribution in [0.4, 0.5) is 5.69 Å². The maximum atomic E-state index is 14.9. The van der Waals surface area contributed by atoms with Crippen LogP contribution in [-0.4, -0.2) is 64.6 Å². The quantitative estimate of drug-likeness (QED) is 0.127. The van der Waals surface area contributed by atoms with Crippen LogP contribution in [0.15, 0.2) is 95.9 Å². The lowest BCUT2D eigenvalue weighted by Crippen LogP contribution is -2.54. The lowest BCUT2D eigenvalue weighted by Gasteiger charge is -2.34. The fourth-order valence-electron chi connectivity index (χ4n) is 6.26. The Morgan fingerprint density at radius 1 is 0.885 bits per heavy atom. The summed E-state index contributed by atoms with van der Waals surface area (Å²) in [5, 5.41) is 3.89. The third-order valence-electron chi connectivity index (χ3n) is 8.99. The number of sulfonamides is 1. The number of hydrogen-bond acceptors (Lipinski definition) is 7. The number of hydrogen-bond donors (Lipinski definition) is 1. The molecule has 1 aliphatic carbocycles. The Hall–Kier alpha value is -4.45. The van der Waals surface area contributed by atoms with Gasteiger partial charge in [0.25, 0.3) is 10.0 Å². The first-order chi connectivity index (χ1) is 25.0. The molecule has 1 N–H and O–H groups in total. The summed E-state index contributed by atoms with van der Waals surface area (Å²) < 4.78 is 46.5. The minimum absolute atomic E-state index is 0.0207. The number of carbonyl (C=O) groups excluding carboxylic acids is 2. The Bertz CT molecular complexity index is 1940. The van der Waals surface area contributed by atoms with Gasteiger partial charge in [-0.3, -0.25) is 13.9 Å². The molecule has 52 heavy (non-hydrogen) atoms. The molecular formula is C39H43Cl2N3O7S. The predicted molar refractivity (Wildman–Crippen MR) is 203 cm³/mol. The van der Waals surface area contributed by atoms with E-state index in [1.165, 1.54) is 37.3 Å². The molecule has 0 aromatic heterocycles. The molecule has 0 aliphatic heterocycles. The van der Waals surface area contributed by atoms with Crippen LogP contribution < -0.4 is 23.8 Å². The monoisotopic (exact) mass is 767 g/mol. The lowest BCUT2D eigenvalue weighted by molar-refractivity contribution is -0.140. The fraction of sp³-hybridized carbons (Fsp3) is 0.333. The van der Waals surface area contributed by atoms with E-state index in [4.69, 9.17) is 37.4 Å². The Morgan fingerprint density at radius 3 is 2.21 bits per heavy atom. The van der Waals surface area contributed by atoms with Gasteiger partial charge in [0.15, 0.2) is 11.5 Å². The molecule has 0 bridgehead atoms. The number of benzene rings is 4. The molecule has 1 fully saturated rings. The van der Waals surface area contributed by atoms with Crippen LogP contribution >= 0.6 is 23.2 Å². The molecule has 0 radical (unpaired) electrons. The van der Waals surface area contributed by atoms with E-state index >= 15 is 0 Å². The predicted octanol–water partition coefficient (Wildman–Crippen LogP) is 7.30. The van der Waals surface area contributed by atoms with Crippen molar-refractivity contribution in [1.82, 2.24) is 10.2 Å². The number of methoxy groups -OCH3 is 2. The first-order valence-corrected chi connectivity index (χ1v) is 19.3. The van der Waals surface area contributed by atoms with Gasteiger partial charge in [-0.25, -0.2) is 8.42 Å². The number of amides is 2. The number of carbonyl (C=O) groups is 2. The largest absolute Gasteiger partial charge is 0.494 e. The Labute approximate surface area is 315 Å². The molecule has 0 unspecified atom stereocenters. The van der Waals surface area contributed by atoms with Gasteiger partial charge in [-0.2, -0.15) is 0 Å². The van der Waals surface area contributed by atoms with E-state index in [0.29, 0.717) is 33.7 Å². The number of ether oxygens (including phenoxy) is 3. The van der Waals surface area contributed by atoms with Crippen LogP contribution in [0.25, 0.3) is 0 Å². The molecule has 4 aromatic carbocycles. The first-order valence-electron chi connectivity index (χ1n) is 17.1. The third-order valence-corrected chi connectivity index (χ3v) is 11.3. The minimum atomic E-state index is -4.41. The van der Waals surface area contributed by atoms with E-state index in [0.717, 1.165) is 35.6 Å². The maximum absolute atomic E-state index is 14.9. The van der Waals surface area contributed by atoms with Gasteiger partial charge in [-0.05, 0) is 79.4 Å². The zero-order valence-corrected chi connectivity index (χ0v) is 31.7. The lowest BCUT2D eigenvalue weighted by atomic mass is 10.0. The number of halogens is 2. The summed E-state index contributed by atoms with van der Waals surface area (Å²) in [5.74, 6) is 0.128. The molecule has 13 heteroatoms. The highest BCUT2D eigenvalue weighted by Crippen LogP contribution is 2.33. The Balaban J connectivity index is 1.60.